The SMILES string of the molecule is CCn1ccnc1CNCCCn1cnc2ccccc21. The lowest BCUT2D eigenvalue weighted by molar-refractivity contribution is 0.563. The largest absolute Gasteiger partial charge is 0.334 e. The maximum atomic E-state index is 4.41. The summed E-state index contributed by atoms with van der Waals surface area (Å²) in [6.45, 7) is 5.89. The maximum Gasteiger partial charge on any atom is 0.122 e. The average Bonchev–Trinajstić information content (AvgIpc) is 3.13. The predicted octanol–water partition coefficient (Wildman–Crippen LogP) is 2.43. The number of hydrogen-bond acceptors (Lipinski definition) is 3. The van der Waals surface area contributed by atoms with E-state index in [0.29, 0.717) is 0 Å². The Bertz CT molecular complexity index is 697. The zero-order chi connectivity index (χ0) is 14.5. The van der Waals surface area contributed by atoms with Crippen LogP contribution in [0.5, 0.6) is 0 Å². The monoisotopic (exact) mass is 283 g/mol. The number of nitrogens with zero attached hydrogens (tertiary/aromatic N) is 4. The molecular formula is C16H21N5. The number of fused-ring (bicyclic) bond motifs is 1. The molecule has 5 nitrogen and oxygen atoms in total. The zero-order valence-corrected chi connectivity index (χ0v) is 12.4. The summed E-state index contributed by atoms with van der Waals surface area (Å²) in [6.07, 6.45) is 6.88. The lowest BCUT2D eigenvalue weighted by Crippen LogP contribution is -2.19. The quantitative estimate of drug-likeness (QED) is 0.677. The fourth-order valence-corrected chi connectivity index (χ4v) is 2.56. The first-order valence-corrected chi connectivity index (χ1v) is 7.49. The van der Waals surface area contributed by atoms with Crippen LogP contribution in [-0.4, -0.2) is 25.6 Å². The second-order valence-corrected chi connectivity index (χ2v) is 5.09. The first-order chi connectivity index (χ1) is 10.4. The average molecular weight is 283 g/mol. The molecule has 110 valence electrons. The summed E-state index contributed by atoms with van der Waals surface area (Å²) >= 11 is 0. The van der Waals surface area contributed by atoms with E-state index in [-0.39, 0.29) is 0 Å². The third kappa shape index (κ3) is 3.13. The van der Waals surface area contributed by atoms with Gasteiger partial charge in [0.1, 0.15) is 5.82 Å². The minimum Gasteiger partial charge on any atom is -0.334 e. The van der Waals surface area contributed by atoms with Crippen LogP contribution in [0.1, 0.15) is 19.2 Å². The van der Waals surface area contributed by atoms with E-state index < -0.39 is 0 Å². The van der Waals surface area contributed by atoms with Crippen LogP contribution in [-0.2, 0) is 19.6 Å². The Labute approximate surface area is 124 Å². The van der Waals surface area contributed by atoms with E-state index in [0.717, 1.165) is 43.9 Å². The normalized spacial score (nSPS) is 11.3. The van der Waals surface area contributed by atoms with Gasteiger partial charge in [-0.1, -0.05) is 12.1 Å². The van der Waals surface area contributed by atoms with E-state index >= 15 is 0 Å². The van der Waals surface area contributed by atoms with Crippen LogP contribution in [0, 0.1) is 0 Å². The molecule has 0 atom stereocenters. The second kappa shape index (κ2) is 6.54. The number of rotatable bonds is 7. The molecule has 0 unspecified atom stereocenters. The summed E-state index contributed by atoms with van der Waals surface area (Å²) in [5.74, 6) is 1.10. The van der Waals surface area contributed by atoms with Gasteiger partial charge in [-0.15, -0.1) is 0 Å². The fraction of sp³-hybridized carbons (Fsp3) is 0.375. The minimum atomic E-state index is 0.825. The van der Waals surface area contributed by atoms with Crippen molar-refractivity contribution in [2.45, 2.75) is 33.0 Å². The van der Waals surface area contributed by atoms with Gasteiger partial charge < -0.3 is 14.5 Å². The van der Waals surface area contributed by atoms with Gasteiger partial charge in [0.2, 0.25) is 0 Å². The van der Waals surface area contributed by atoms with Gasteiger partial charge in [0, 0.05) is 25.5 Å². The molecule has 0 saturated carbocycles. The van der Waals surface area contributed by atoms with Gasteiger partial charge >= 0.3 is 0 Å². The molecule has 0 aliphatic rings. The Kier molecular flexibility index (Phi) is 4.31. The summed E-state index contributed by atoms with van der Waals surface area (Å²) < 4.78 is 4.38. The molecule has 0 spiro atoms. The lowest BCUT2D eigenvalue weighted by Gasteiger charge is -2.07. The number of nitrogens with one attached hydrogen (secondary N) is 1. The maximum absolute atomic E-state index is 4.41. The third-order valence-corrected chi connectivity index (χ3v) is 3.71. The molecule has 3 aromatic rings. The molecule has 3 rings (SSSR count). The summed E-state index contributed by atoms with van der Waals surface area (Å²) in [4.78, 5) is 8.77. The molecule has 21 heavy (non-hydrogen) atoms. The van der Waals surface area contributed by atoms with Crippen LogP contribution in [0.15, 0.2) is 43.0 Å². The highest BCUT2D eigenvalue weighted by atomic mass is 15.1. The third-order valence-electron chi connectivity index (χ3n) is 3.71. The van der Waals surface area contributed by atoms with Gasteiger partial charge in [-0.3, -0.25) is 0 Å². The van der Waals surface area contributed by atoms with Gasteiger partial charge in [0.15, 0.2) is 0 Å². The van der Waals surface area contributed by atoms with E-state index in [1.165, 1.54) is 5.52 Å². The van der Waals surface area contributed by atoms with Crippen LogP contribution in [0.3, 0.4) is 0 Å². The molecule has 0 saturated heterocycles. The second-order valence-electron chi connectivity index (χ2n) is 5.09. The Morgan fingerprint density at radius 3 is 2.95 bits per heavy atom. The van der Waals surface area contributed by atoms with E-state index in [2.05, 4.69) is 49.5 Å². The number of aryl methyl sites for hydroxylation is 2. The van der Waals surface area contributed by atoms with Crippen LogP contribution >= 0.6 is 0 Å². The minimum absolute atomic E-state index is 0.825. The van der Waals surface area contributed by atoms with Crippen LogP contribution in [0.2, 0.25) is 0 Å². The number of imidazole rings is 2. The molecule has 5 heteroatoms. The number of benzene rings is 1. The van der Waals surface area contributed by atoms with Gasteiger partial charge in [0.25, 0.3) is 0 Å². The van der Waals surface area contributed by atoms with Gasteiger partial charge in [0.05, 0.1) is 23.9 Å². The highest BCUT2D eigenvalue weighted by Gasteiger charge is 2.02. The number of aromatic nitrogens is 4. The van der Waals surface area contributed by atoms with Crippen LogP contribution in [0.4, 0.5) is 0 Å². The van der Waals surface area contributed by atoms with Crippen molar-refractivity contribution in [1.82, 2.24) is 24.4 Å². The van der Waals surface area contributed by atoms with Crippen molar-refractivity contribution in [2.24, 2.45) is 0 Å². The highest BCUT2D eigenvalue weighted by molar-refractivity contribution is 5.74. The van der Waals surface area contributed by atoms with Crippen LogP contribution in [0.25, 0.3) is 11.0 Å². The van der Waals surface area contributed by atoms with Crippen molar-refractivity contribution in [3.63, 3.8) is 0 Å². The Hall–Kier alpha value is -2.14. The molecule has 0 aliphatic carbocycles. The van der Waals surface area contributed by atoms with Crippen molar-refractivity contribution in [3.05, 3.63) is 48.8 Å². The fourth-order valence-electron chi connectivity index (χ4n) is 2.56. The van der Waals surface area contributed by atoms with E-state index in [9.17, 15) is 0 Å². The zero-order valence-electron chi connectivity index (χ0n) is 12.4. The van der Waals surface area contributed by atoms with Crippen molar-refractivity contribution in [2.75, 3.05) is 6.54 Å². The standard InChI is InChI=1S/C16H21N5/c1-2-20-11-9-18-16(20)12-17-8-5-10-21-13-19-14-6-3-4-7-15(14)21/h3-4,6-7,9,11,13,17H,2,5,8,10,12H2,1H3. The molecule has 0 fully saturated rings. The van der Waals surface area contributed by atoms with E-state index in [1.54, 1.807) is 0 Å². The van der Waals surface area contributed by atoms with Gasteiger partial charge in [-0.2, -0.15) is 0 Å². The summed E-state index contributed by atoms with van der Waals surface area (Å²) in [6, 6.07) is 8.25. The lowest BCUT2D eigenvalue weighted by atomic mass is 10.3. The van der Waals surface area contributed by atoms with Gasteiger partial charge in [-0.05, 0) is 32.0 Å². The van der Waals surface area contributed by atoms with Crippen molar-refractivity contribution >= 4 is 11.0 Å². The molecule has 1 aromatic carbocycles. The van der Waals surface area contributed by atoms with Crippen molar-refractivity contribution in [3.8, 4) is 0 Å². The molecule has 1 N–H and O–H groups in total. The van der Waals surface area contributed by atoms with Crippen LogP contribution < -0.4 is 5.32 Å². The molecule has 2 heterocycles. The molecule has 0 bridgehead atoms. The summed E-state index contributed by atoms with van der Waals surface area (Å²) in [7, 11) is 0. The molecule has 0 aliphatic heterocycles. The first-order valence-electron chi connectivity index (χ1n) is 7.49. The summed E-state index contributed by atoms with van der Waals surface area (Å²) in [5.41, 5.74) is 2.27. The number of para-hydroxylation sites is 2. The molecule has 0 amide bonds. The van der Waals surface area contributed by atoms with E-state index in [4.69, 9.17) is 0 Å². The first kappa shape index (κ1) is 13.8. The topological polar surface area (TPSA) is 47.7 Å². The molecule has 2 aromatic heterocycles. The summed E-state index contributed by atoms with van der Waals surface area (Å²) in [5, 5.41) is 3.46. The Balaban J connectivity index is 1.46. The smallest absolute Gasteiger partial charge is 0.122 e. The predicted molar refractivity (Wildman–Crippen MR) is 84.0 cm³/mol. The van der Waals surface area contributed by atoms with Gasteiger partial charge in [-0.25, -0.2) is 9.97 Å². The molecular weight excluding hydrogens is 262 g/mol. The van der Waals surface area contributed by atoms with E-state index in [1.807, 2.05) is 24.8 Å². The van der Waals surface area contributed by atoms with Crippen molar-refractivity contribution in [1.29, 1.82) is 0 Å². The molecule has 0 radical (unpaired) electrons. The Morgan fingerprint density at radius 2 is 2.05 bits per heavy atom. The van der Waals surface area contributed by atoms with Crippen molar-refractivity contribution < 1.29 is 0 Å². The number of hydrogen-bond donors (Lipinski definition) is 1. The highest BCUT2D eigenvalue weighted by Crippen LogP contribution is 2.11. The Morgan fingerprint density at radius 1 is 1.14 bits per heavy atom.